The number of carbonyl (C=O) groups is 2. The van der Waals surface area contributed by atoms with Crippen LogP contribution in [0.4, 0.5) is 5.69 Å². The average Bonchev–Trinajstić information content (AvgIpc) is 3.36. The highest BCUT2D eigenvalue weighted by molar-refractivity contribution is 5.94. The van der Waals surface area contributed by atoms with Gasteiger partial charge in [0.15, 0.2) is 0 Å². The Morgan fingerprint density at radius 1 is 1.00 bits per heavy atom. The number of likely N-dealkylation sites (tertiary alicyclic amines) is 1. The lowest BCUT2D eigenvalue weighted by atomic mass is 9.95. The molecule has 1 aromatic carbocycles. The topological polar surface area (TPSA) is 98.1 Å². The van der Waals surface area contributed by atoms with Gasteiger partial charge < -0.3 is 20.2 Å². The van der Waals surface area contributed by atoms with Gasteiger partial charge in [0.1, 0.15) is 0 Å². The second kappa shape index (κ2) is 5.81. The Balaban J connectivity index is 1.37. The van der Waals surface area contributed by atoms with Crippen LogP contribution in [0.2, 0.25) is 0 Å². The first-order valence-corrected chi connectivity index (χ1v) is 8.42. The molecule has 0 radical (unpaired) electrons. The van der Waals surface area contributed by atoms with Crippen LogP contribution in [0.3, 0.4) is 0 Å². The third-order valence-electron chi connectivity index (χ3n) is 4.89. The third kappa shape index (κ3) is 2.93. The maximum absolute atomic E-state index is 12.4. The van der Waals surface area contributed by atoms with Crippen LogP contribution in [0.25, 0.3) is 11.0 Å². The maximum atomic E-state index is 12.4. The molecule has 0 spiro atoms. The van der Waals surface area contributed by atoms with Gasteiger partial charge in [0.25, 0.3) is 0 Å². The van der Waals surface area contributed by atoms with E-state index in [1.165, 1.54) is 0 Å². The van der Waals surface area contributed by atoms with Crippen molar-refractivity contribution in [2.45, 2.75) is 25.7 Å². The SMILES string of the molecule is O=C(Nc1ccc2[nH]c(=O)[nH]c2c1)C1CCN(C(=O)C2CC2)CC1. The third-order valence-corrected chi connectivity index (χ3v) is 4.89. The van der Waals surface area contributed by atoms with E-state index in [0.29, 0.717) is 42.7 Å². The van der Waals surface area contributed by atoms with Gasteiger partial charge in [0, 0.05) is 30.6 Å². The Morgan fingerprint density at radius 3 is 2.42 bits per heavy atom. The van der Waals surface area contributed by atoms with Crippen molar-refractivity contribution in [2.24, 2.45) is 11.8 Å². The molecule has 2 aromatic rings. The van der Waals surface area contributed by atoms with Crippen molar-refractivity contribution in [2.75, 3.05) is 18.4 Å². The lowest BCUT2D eigenvalue weighted by Crippen LogP contribution is -2.42. The van der Waals surface area contributed by atoms with Crippen LogP contribution in [-0.4, -0.2) is 39.8 Å². The molecule has 2 fully saturated rings. The molecule has 0 unspecified atom stereocenters. The molecular formula is C17H20N4O3. The molecule has 7 nitrogen and oxygen atoms in total. The number of piperidine rings is 1. The van der Waals surface area contributed by atoms with Crippen LogP contribution in [0, 0.1) is 11.8 Å². The lowest BCUT2D eigenvalue weighted by molar-refractivity contribution is -0.135. The number of aromatic amines is 2. The molecule has 1 saturated heterocycles. The average molecular weight is 328 g/mol. The highest BCUT2D eigenvalue weighted by atomic mass is 16.2. The fourth-order valence-electron chi connectivity index (χ4n) is 3.31. The van der Waals surface area contributed by atoms with Gasteiger partial charge in [-0.3, -0.25) is 9.59 Å². The molecular weight excluding hydrogens is 308 g/mol. The summed E-state index contributed by atoms with van der Waals surface area (Å²) >= 11 is 0. The molecule has 3 N–H and O–H groups in total. The lowest BCUT2D eigenvalue weighted by Gasteiger charge is -2.31. The fourth-order valence-corrected chi connectivity index (χ4v) is 3.31. The summed E-state index contributed by atoms with van der Waals surface area (Å²) in [5.41, 5.74) is 1.79. The summed E-state index contributed by atoms with van der Waals surface area (Å²) in [6.07, 6.45) is 3.44. The number of aromatic nitrogens is 2. The number of fused-ring (bicyclic) bond motifs is 1. The summed E-state index contributed by atoms with van der Waals surface area (Å²) in [5, 5.41) is 2.91. The minimum absolute atomic E-state index is 0.0225. The highest BCUT2D eigenvalue weighted by Crippen LogP contribution is 2.32. The van der Waals surface area contributed by atoms with Crippen molar-refractivity contribution in [1.29, 1.82) is 0 Å². The molecule has 1 aliphatic heterocycles. The minimum atomic E-state index is -0.263. The number of H-pyrrole nitrogens is 2. The van der Waals surface area contributed by atoms with E-state index in [1.54, 1.807) is 18.2 Å². The number of imidazole rings is 1. The molecule has 2 amide bonds. The number of benzene rings is 1. The second-order valence-corrected chi connectivity index (χ2v) is 6.70. The molecule has 1 aromatic heterocycles. The Bertz CT molecular complexity index is 841. The summed E-state index contributed by atoms with van der Waals surface area (Å²) < 4.78 is 0. The van der Waals surface area contributed by atoms with Crippen molar-refractivity contribution in [3.8, 4) is 0 Å². The minimum Gasteiger partial charge on any atom is -0.342 e. The van der Waals surface area contributed by atoms with E-state index < -0.39 is 0 Å². The molecule has 4 rings (SSSR count). The molecule has 1 aliphatic carbocycles. The van der Waals surface area contributed by atoms with E-state index in [0.717, 1.165) is 12.8 Å². The van der Waals surface area contributed by atoms with Crippen molar-refractivity contribution < 1.29 is 9.59 Å². The largest absolute Gasteiger partial charge is 0.342 e. The Morgan fingerprint density at radius 2 is 1.71 bits per heavy atom. The van der Waals surface area contributed by atoms with Crippen molar-refractivity contribution in [3.05, 3.63) is 28.7 Å². The highest BCUT2D eigenvalue weighted by Gasteiger charge is 2.35. The van der Waals surface area contributed by atoms with Crippen LogP contribution in [0.15, 0.2) is 23.0 Å². The van der Waals surface area contributed by atoms with Gasteiger partial charge in [0.05, 0.1) is 11.0 Å². The Kier molecular flexibility index (Phi) is 3.63. The van der Waals surface area contributed by atoms with Gasteiger partial charge in [-0.1, -0.05) is 0 Å². The molecule has 0 bridgehead atoms. The number of nitrogens with one attached hydrogen (secondary N) is 3. The van der Waals surface area contributed by atoms with Crippen molar-refractivity contribution in [1.82, 2.24) is 14.9 Å². The number of carbonyl (C=O) groups excluding carboxylic acids is 2. The molecule has 126 valence electrons. The summed E-state index contributed by atoms with van der Waals surface area (Å²) in [4.78, 5) is 43.0. The van der Waals surface area contributed by atoms with Crippen LogP contribution in [0.5, 0.6) is 0 Å². The Labute approximate surface area is 138 Å². The zero-order valence-electron chi connectivity index (χ0n) is 13.3. The predicted molar refractivity (Wildman–Crippen MR) is 89.6 cm³/mol. The van der Waals surface area contributed by atoms with Gasteiger partial charge in [-0.05, 0) is 43.9 Å². The van der Waals surface area contributed by atoms with Gasteiger partial charge in [-0.15, -0.1) is 0 Å². The van der Waals surface area contributed by atoms with E-state index in [1.807, 2.05) is 4.90 Å². The fraction of sp³-hybridized carbons (Fsp3) is 0.471. The quantitative estimate of drug-likeness (QED) is 0.795. The van der Waals surface area contributed by atoms with E-state index in [2.05, 4.69) is 15.3 Å². The first-order valence-electron chi connectivity index (χ1n) is 8.42. The zero-order valence-corrected chi connectivity index (χ0v) is 13.3. The Hall–Kier alpha value is -2.57. The maximum Gasteiger partial charge on any atom is 0.323 e. The number of amides is 2. The van der Waals surface area contributed by atoms with Crippen LogP contribution >= 0.6 is 0 Å². The first-order chi connectivity index (χ1) is 11.6. The number of anilines is 1. The van der Waals surface area contributed by atoms with Crippen molar-refractivity contribution in [3.63, 3.8) is 0 Å². The summed E-state index contributed by atoms with van der Waals surface area (Å²) in [7, 11) is 0. The zero-order chi connectivity index (χ0) is 16.7. The van der Waals surface area contributed by atoms with E-state index >= 15 is 0 Å². The van der Waals surface area contributed by atoms with E-state index in [-0.39, 0.29) is 29.3 Å². The van der Waals surface area contributed by atoms with Crippen molar-refractivity contribution >= 4 is 28.5 Å². The van der Waals surface area contributed by atoms with Gasteiger partial charge in [0.2, 0.25) is 11.8 Å². The first kappa shape index (κ1) is 15.0. The summed E-state index contributed by atoms with van der Waals surface area (Å²) in [6, 6.07) is 5.28. The van der Waals surface area contributed by atoms with Crippen LogP contribution in [-0.2, 0) is 9.59 Å². The normalized spacial score (nSPS) is 18.8. The number of rotatable bonds is 3. The van der Waals surface area contributed by atoms with E-state index in [9.17, 15) is 14.4 Å². The van der Waals surface area contributed by atoms with Gasteiger partial charge >= 0.3 is 5.69 Å². The van der Waals surface area contributed by atoms with Crippen LogP contribution < -0.4 is 11.0 Å². The monoisotopic (exact) mass is 328 g/mol. The van der Waals surface area contributed by atoms with Gasteiger partial charge in [-0.2, -0.15) is 0 Å². The molecule has 0 atom stereocenters. The molecule has 1 saturated carbocycles. The second-order valence-electron chi connectivity index (χ2n) is 6.70. The number of hydrogen-bond donors (Lipinski definition) is 3. The standard InChI is InChI=1S/C17H20N4O3/c22-15(10-5-7-21(8-6-10)16(23)11-1-2-11)18-12-3-4-13-14(9-12)20-17(24)19-13/h3-4,9-11H,1-2,5-8H2,(H,18,22)(H2,19,20,24). The molecule has 2 aliphatic rings. The smallest absolute Gasteiger partial charge is 0.323 e. The molecule has 2 heterocycles. The molecule has 7 heteroatoms. The summed E-state index contributed by atoms with van der Waals surface area (Å²) in [6.45, 7) is 1.33. The summed E-state index contributed by atoms with van der Waals surface area (Å²) in [5.74, 6) is 0.404. The number of hydrogen-bond acceptors (Lipinski definition) is 3. The van der Waals surface area contributed by atoms with Gasteiger partial charge in [-0.25, -0.2) is 4.79 Å². The molecule has 24 heavy (non-hydrogen) atoms. The van der Waals surface area contributed by atoms with E-state index in [4.69, 9.17) is 0 Å². The van der Waals surface area contributed by atoms with Crippen LogP contribution in [0.1, 0.15) is 25.7 Å². The number of nitrogens with zero attached hydrogens (tertiary/aromatic N) is 1. The predicted octanol–water partition coefficient (Wildman–Crippen LogP) is 1.44.